The molecule has 0 aliphatic heterocycles. The van der Waals surface area contributed by atoms with Gasteiger partial charge in [-0.2, -0.15) is 43.9 Å². The molecule has 0 radical (unpaired) electrons. The number of rotatable bonds is 3. The molecule has 160 valence electrons. The van der Waals surface area contributed by atoms with E-state index in [2.05, 4.69) is 0 Å². The molecular formula is C15H10ClF11O. The molecule has 1 aromatic carbocycles. The first-order chi connectivity index (χ1) is 12.2. The minimum Gasteiger partial charge on any atom is -0.385 e. The van der Waals surface area contributed by atoms with E-state index in [1.165, 1.54) is 0 Å². The average Bonchev–Trinajstić information content (AvgIpc) is 2.52. The second-order valence-electron chi connectivity index (χ2n) is 6.63. The zero-order chi connectivity index (χ0) is 22.2. The molecule has 1 nitrogen and oxygen atoms in total. The normalized spacial score (nSPS) is 28.4. The van der Waals surface area contributed by atoms with Crippen molar-refractivity contribution in [1.82, 2.24) is 0 Å². The van der Waals surface area contributed by atoms with Crippen LogP contribution >= 0.6 is 11.6 Å². The molecule has 0 saturated heterocycles. The molecule has 0 heterocycles. The van der Waals surface area contributed by atoms with E-state index < -0.39 is 52.9 Å². The summed E-state index contributed by atoms with van der Waals surface area (Å²) in [6, 6.07) is 3.71. The summed E-state index contributed by atoms with van der Waals surface area (Å²) in [5, 5.41) is 9.88. The molecule has 1 fully saturated rings. The predicted molar refractivity (Wildman–Crippen MR) is 74.2 cm³/mol. The smallest absolute Gasteiger partial charge is 0.384 e. The van der Waals surface area contributed by atoms with Crippen molar-refractivity contribution < 1.29 is 53.4 Å². The van der Waals surface area contributed by atoms with Crippen molar-refractivity contribution in [1.29, 1.82) is 0 Å². The fraction of sp³-hybridized carbons (Fsp3) is 0.600. The van der Waals surface area contributed by atoms with Crippen LogP contribution in [0, 0.1) is 0 Å². The van der Waals surface area contributed by atoms with Gasteiger partial charge in [0, 0.05) is 11.4 Å². The highest BCUT2D eigenvalue weighted by Crippen LogP contribution is 2.71. The summed E-state index contributed by atoms with van der Waals surface area (Å²) in [7, 11) is 0. The number of benzene rings is 1. The van der Waals surface area contributed by atoms with Crippen molar-refractivity contribution in [3.05, 3.63) is 34.9 Å². The maximum Gasteiger partial charge on any atom is 0.384 e. The van der Waals surface area contributed by atoms with Gasteiger partial charge in [0.1, 0.15) is 0 Å². The second kappa shape index (κ2) is 5.87. The van der Waals surface area contributed by atoms with Gasteiger partial charge in [0.15, 0.2) is 0 Å². The van der Waals surface area contributed by atoms with E-state index in [1.807, 2.05) is 0 Å². The molecule has 0 amide bonds. The summed E-state index contributed by atoms with van der Waals surface area (Å²) < 4.78 is 151. The van der Waals surface area contributed by atoms with Crippen LogP contribution in [-0.4, -0.2) is 40.4 Å². The number of hydrogen-bond donors (Lipinski definition) is 1. The number of aliphatic hydroxyl groups is 1. The van der Waals surface area contributed by atoms with E-state index in [0.717, 1.165) is 24.3 Å². The minimum atomic E-state index is -7.29. The number of halogens is 12. The predicted octanol–water partition coefficient (Wildman–Crippen LogP) is 5.84. The summed E-state index contributed by atoms with van der Waals surface area (Å²) in [5.74, 6) is -35.7. The van der Waals surface area contributed by atoms with E-state index in [1.54, 1.807) is 0 Å². The molecule has 0 aromatic heterocycles. The molecule has 0 bridgehead atoms. The topological polar surface area (TPSA) is 20.2 Å². The molecule has 2 rings (SSSR count). The molecule has 1 saturated carbocycles. The lowest BCUT2D eigenvalue weighted by molar-refractivity contribution is -0.488. The maximum absolute atomic E-state index is 14.8. The zero-order valence-electron chi connectivity index (χ0n) is 13.5. The van der Waals surface area contributed by atoms with Crippen LogP contribution in [0.4, 0.5) is 48.3 Å². The molecule has 1 aliphatic rings. The van der Waals surface area contributed by atoms with E-state index >= 15 is 0 Å². The van der Waals surface area contributed by atoms with E-state index in [0.29, 0.717) is 6.92 Å². The molecular weight excluding hydrogens is 441 g/mol. The molecule has 28 heavy (non-hydrogen) atoms. The van der Waals surface area contributed by atoms with Gasteiger partial charge in [0.05, 0.1) is 5.60 Å². The van der Waals surface area contributed by atoms with Crippen molar-refractivity contribution in [2.75, 3.05) is 0 Å². The first-order valence-corrected chi connectivity index (χ1v) is 7.65. The third kappa shape index (κ3) is 2.49. The lowest BCUT2D eigenvalue weighted by atomic mass is 9.67. The summed E-state index contributed by atoms with van der Waals surface area (Å²) in [4.78, 5) is 0. The fourth-order valence-corrected chi connectivity index (χ4v) is 3.10. The number of alkyl halides is 11. The van der Waals surface area contributed by atoms with Crippen LogP contribution in [0.5, 0.6) is 0 Å². The first-order valence-electron chi connectivity index (χ1n) is 7.27. The van der Waals surface area contributed by atoms with Gasteiger partial charge < -0.3 is 5.11 Å². The van der Waals surface area contributed by atoms with Gasteiger partial charge in [0.25, 0.3) is 5.67 Å². The highest BCUT2D eigenvalue weighted by molar-refractivity contribution is 6.30. The molecule has 13 heteroatoms. The average molecular weight is 451 g/mol. The van der Waals surface area contributed by atoms with Crippen LogP contribution in [0.2, 0.25) is 5.02 Å². The summed E-state index contributed by atoms with van der Waals surface area (Å²) in [5.41, 5.74) is -10.2. The van der Waals surface area contributed by atoms with Gasteiger partial charge in [-0.1, -0.05) is 23.7 Å². The summed E-state index contributed by atoms with van der Waals surface area (Å²) in [6.45, 7) is 0.370. The SMILES string of the molecule is CC(O)(CC1(F)C(F)(F)C(F)(F)C(F)(F)C(F)(F)C1(F)F)c1cccc(Cl)c1. The summed E-state index contributed by atoms with van der Waals surface area (Å²) in [6.07, 6.45) is -2.78. The van der Waals surface area contributed by atoms with Crippen LogP contribution in [0.15, 0.2) is 24.3 Å². The van der Waals surface area contributed by atoms with Gasteiger partial charge >= 0.3 is 29.6 Å². The van der Waals surface area contributed by atoms with Gasteiger partial charge in [-0.05, 0) is 24.6 Å². The van der Waals surface area contributed by atoms with Gasteiger partial charge in [-0.3, -0.25) is 0 Å². The Morgan fingerprint density at radius 2 is 1.18 bits per heavy atom. The van der Waals surface area contributed by atoms with E-state index in [4.69, 9.17) is 11.6 Å². The lowest BCUT2D eigenvalue weighted by Gasteiger charge is -2.53. The van der Waals surface area contributed by atoms with Crippen LogP contribution in [-0.2, 0) is 5.60 Å². The van der Waals surface area contributed by atoms with E-state index in [-0.39, 0.29) is 5.02 Å². The molecule has 1 atom stereocenters. The zero-order valence-corrected chi connectivity index (χ0v) is 14.3. The molecule has 1 unspecified atom stereocenters. The summed E-state index contributed by atoms with van der Waals surface area (Å²) >= 11 is 5.53. The largest absolute Gasteiger partial charge is 0.385 e. The van der Waals surface area contributed by atoms with Crippen LogP contribution in [0.3, 0.4) is 0 Å². The van der Waals surface area contributed by atoms with Gasteiger partial charge in [-0.25, -0.2) is 4.39 Å². The van der Waals surface area contributed by atoms with Crippen LogP contribution in [0.1, 0.15) is 18.9 Å². The second-order valence-corrected chi connectivity index (χ2v) is 7.07. The monoisotopic (exact) mass is 450 g/mol. The number of hydrogen-bond acceptors (Lipinski definition) is 1. The standard InChI is InChI=1S/C15H10ClF11O/c1-9(28,7-3-2-4-8(16)5-7)6-10(17)11(18,19)13(22,23)15(26,27)14(24,25)12(10,20)21/h2-5,28H,6H2,1H3. The minimum absolute atomic E-state index is 0.241. The van der Waals surface area contributed by atoms with E-state index in [9.17, 15) is 53.4 Å². The quantitative estimate of drug-likeness (QED) is 0.574. The third-order valence-corrected chi connectivity index (χ3v) is 4.84. The Hall–Kier alpha value is -1.30. The Morgan fingerprint density at radius 1 is 0.786 bits per heavy atom. The molecule has 1 N–H and O–H groups in total. The Balaban J connectivity index is 2.72. The highest BCUT2D eigenvalue weighted by atomic mass is 35.5. The highest BCUT2D eigenvalue weighted by Gasteiger charge is 3.01. The van der Waals surface area contributed by atoms with Crippen molar-refractivity contribution in [2.45, 2.75) is 54.2 Å². The first kappa shape index (κ1) is 23.0. The molecule has 1 aromatic rings. The van der Waals surface area contributed by atoms with Gasteiger partial charge in [-0.15, -0.1) is 0 Å². The Labute approximate surface area is 155 Å². The maximum atomic E-state index is 14.8. The van der Waals surface area contributed by atoms with Crippen molar-refractivity contribution >= 4 is 11.6 Å². The molecule has 1 aliphatic carbocycles. The van der Waals surface area contributed by atoms with Crippen molar-refractivity contribution in [2.24, 2.45) is 0 Å². The third-order valence-electron chi connectivity index (χ3n) is 4.61. The van der Waals surface area contributed by atoms with Crippen LogP contribution in [0.25, 0.3) is 0 Å². The lowest BCUT2D eigenvalue weighted by Crippen LogP contribution is -2.84. The van der Waals surface area contributed by atoms with Crippen molar-refractivity contribution in [3.8, 4) is 0 Å². The Kier molecular flexibility index (Phi) is 4.82. The fourth-order valence-electron chi connectivity index (χ4n) is 2.91. The molecule has 0 spiro atoms. The Morgan fingerprint density at radius 3 is 1.57 bits per heavy atom. The Bertz CT molecular complexity index is 745. The van der Waals surface area contributed by atoms with Crippen molar-refractivity contribution in [3.63, 3.8) is 0 Å². The van der Waals surface area contributed by atoms with Crippen LogP contribution < -0.4 is 0 Å². The van der Waals surface area contributed by atoms with Gasteiger partial charge in [0.2, 0.25) is 0 Å².